The van der Waals surface area contributed by atoms with Gasteiger partial charge in [-0.3, -0.25) is 0 Å². The van der Waals surface area contributed by atoms with E-state index in [1.165, 1.54) is 0 Å². The Kier molecular flexibility index (Phi) is 8.26. The van der Waals surface area contributed by atoms with Gasteiger partial charge in [-0.1, -0.05) is 43.3 Å². The number of benzene rings is 2. The zero-order valence-electron chi connectivity index (χ0n) is 13.9. The van der Waals surface area contributed by atoms with Crippen molar-refractivity contribution in [1.29, 1.82) is 0 Å². The van der Waals surface area contributed by atoms with Crippen molar-refractivity contribution in [2.24, 2.45) is 5.41 Å². The van der Waals surface area contributed by atoms with Crippen molar-refractivity contribution in [2.45, 2.75) is 19.8 Å². The lowest BCUT2D eigenvalue weighted by molar-refractivity contribution is 0.00304. The lowest BCUT2D eigenvalue weighted by atomic mass is 9.88. The van der Waals surface area contributed by atoms with E-state index in [4.69, 9.17) is 15.3 Å². The van der Waals surface area contributed by atoms with E-state index in [0.29, 0.717) is 12.8 Å². The second-order valence-corrected chi connectivity index (χ2v) is 5.76. The van der Waals surface area contributed by atoms with Crippen LogP contribution in [0.5, 0.6) is 11.5 Å². The summed E-state index contributed by atoms with van der Waals surface area (Å²) in [6.07, 6.45) is 1.13. The van der Waals surface area contributed by atoms with Crippen molar-refractivity contribution in [2.75, 3.05) is 19.8 Å². The van der Waals surface area contributed by atoms with Gasteiger partial charge in [0.15, 0.2) is 0 Å². The predicted octanol–water partition coefficient (Wildman–Crippen LogP) is 2.05. The summed E-state index contributed by atoms with van der Waals surface area (Å²) in [6, 6.07) is 14.3. The van der Waals surface area contributed by atoms with Crippen molar-refractivity contribution in [3.05, 3.63) is 59.7 Å². The smallest absolute Gasteiger partial charge is 0.119 e. The van der Waals surface area contributed by atoms with Crippen molar-refractivity contribution in [3.8, 4) is 11.5 Å². The summed E-state index contributed by atoms with van der Waals surface area (Å²) in [4.78, 5) is 0. The number of rotatable bonds is 6. The highest BCUT2D eigenvalue weighted by Gasteiger charge is 2.24. The number of aromatic hydroxyl groups is 2. The van der Waals surface area contributed by atoms with Gasteiger partial charge in [-0.25, -0.2) is 0 Å². The van der Waals surface area contributed by atoms with Crippen LogP contribution in [-0.2, 0) is 6.42 Å². The molecule has 5 heteroatoms. The largest absolute Gasteiger partial charge is 0.508 e. The summed E-state index contributed by atoms with van der Waals surface area (Å²) in [7, 11) is 0. The highest BCUT2D eigenvalue weighted by molar-refractivity contribution is 5.41. The normalized spacial score (nSPS) is 10.8. The fourth-order valence-corrected chi connectivity index (χ4v) is 2.01. The van der Waals surface area contributed by atoms with Gasteiger partial charge in [0.2, 0.25) is 0 Å². The first kappa shape index (κ1) is 20.0. The molecule has 0 saturated heterocycles. The maximum atomic E-state index is 9.58. The second-order valence-electron chi connectivity index (χ2n) is 5.76. The van der Waals surface area contributed by atoms with Crippen LogP contribution < -0.4 is 0 Å². The minimum Gasteiger partial charge on any atom is -0.508 e. The fraction of sp³-hybridized carbons (Fsp3) is 0.368. The van der Waals surface area contributed by atoms with Gasteiger partial charge in [0.1, 0.15) is 11.5 Å². The fourth-order valence-electron chi connectivity index (χ4n) is 2.01. The predicted molar refractivity (Wildman–Crippen MR) is 93.0 cm³/mol. The van der Waals surface area contributed by atoms with E-state index in [1.807, 2.05) is 31.2 Å². The molecule has 0 heterocycles. The monoisotopic (exact) mass is 334 g/mol. The van der Waals surface area contributed by atoms with Crippen LogP contribution in [0.25, 0.3) is 0 Å². The first-order valence-electron chi connectivity index (χ1n) is 7.88. The Morgan fingerprint density at radius 2 is 1.08 bits per heavy atom. The molecule has 0 unspecified atom stereocenters. The summed E-state index contributed by atoms with van der Waals surface area (Å²) in [5.74, 6) is 0.529. The number of hydrogen-bond acceptors (Lipinski definition) is 5. The van der Waals surface area contributed by atoms with Crippen LogP contribution in [0.15, 0.2) is 48.5 Å². The van der Waals surface area contributed by atoms with E-state index < -0.39 is 5.41 Å². The van der Waals surface area contributed by atoms with E-state index in [9.17, 15) is 10.2 Å². The van der Waals surface area contributed by atoms with E-state index in [-0.39, 0.29) is 31.3 Å². The Bertz CT molecular complexity index is 547. The lowest BCUT2D eigenvalue weighted by Gasteiger charge is -2.24. The Morgan fingerprint density at radius 1 is 0.708 bits per heavy atom. The van der Waals surface area contributed by atoms with Gasteiger partial charge >= 0.3 is 0 Å². The van der Waals surface area contributed by atoms with Crippen LogP contribution in [0.2, 0.25) is 0 Å². The van der Waals surface area contributed by atoms with E-state index in [0.717, 1.165) is 11.1 Å². The highest BCUT2D eigenvalue weighted by atomic mass is 16.3. The molecule has 0 radical (unpaired) electrons. The third-order valence-corrected chi connectivity index (χ3v) is 4.12. The zero-order chi connectivity index (χ0) is 18.0. The Labute approximate surface area is 142 Å². The van der Waals surface area contributed by atoms with E-state index in [2.05, 4.69) is 0 Å². The SMILES string of the molecule is CCC(CO)(CO)CO.Oc1ccccc1Cc1ccccc1O. The molecule has 0 aromatic heterocycles. The van der Waals surface area contributed by atoms with Crippen LogP contribution in [0.3, 0.4) is 0 Å². The summed E-state index contributed by atoms with van der Waals surface area (Å²) in [5, 5.41) is 45.1. The first-order chi connectivity index (χ1) is 11.5. The topological polar surface area (TPSA) is 101 Å². The summed E-state index contributed by atoms with van der Waals surface area (Å²) in [5.41, 5.74) is 0.970. The molecule has 0 aliphatic heterocycles. The highest BCUT2D eigenvalue weighted by Crippen LogP contribution is 2.24. The van der Waals surface area contributed by atoms with Gasteiger partial charge in [0.25, 0.3) is 0 Å². The lowest BCUT2D eigenvalue weighted by Crippen LogP contribution is -2.32. The first-order valence-corrected chi connectivity index (χ1v) is 7.88. The van der Waals surface area contributed by atoms with Gasteiger partial charge in [-0.2, -0.15) is 0 Å². The van der Waals surface area contributed by atoms with Crippen LogP contribution in [-0.4, -0.2) is 45.4 Å². The maximum absolute atomic E-state index is 9.58. The van der Waals surface area contributed by atoms with Crippen molar-refractivity contribution in [1.82, 2.24) is 0 Å². The molecule has 0 aliphatic rings. The van der Waals surface area contributed by atoms with Crippen molar-refractivity contribution < 1.29 is 25.5 Å². The molecule has 5 nitrogen and oxygen atoms in total. The quantitative estimate of drug-likeness (QED) is 0.556. The van der Waals surface area contributed by atoms with Crippen LogP contribution in [0.1, 0.15) is 24.5 Å². The molecule has 0 saturated carbocycles. The van der Waals surface area contributed by atoms with E-state index in [1.54, 1.807) is 24.3 Å². The minimum absolute atomic E-state index is 0.156. The molecule has 2 rings (SSSR count). The number of aliphatic hydroxyl groups excluding tert-OH is 3. The minimum atomic E-state index is -0.667. The number of hydrogen-bond donors (Lipinski definition) is 5. The number of phenols is 2. The molecule has 2 aromatic carbocycles. The molecule has 5 N–H and O–H groups in total. The van der Waals surface area contributed by atoms with Gasteiger partial charge in [-0.15, -0.1) is 0 Å². The van der Waals surface area contributed by atoms with Crippen LogP contribution in [0.4, 0.5) is 0 Å². The average Bonchev–Trinajstić information content (AvgIpc) is 2.62. The Morgan fingerprint density at radius 3 is 1.33 bits per heavy atom. The third-order valence-electron chi connectivity index (χ3n) is 4.12. The molecule has 2 aromatic rings. The molecule has 132 valence electrons. The maximum Gasteiger partial charge on any atom is 0.119 e. The summed E-state index contributed by atoms with van der Waals surface area (Å²) in [6.45, 7) is 1.35. The van der Waals surface area contributed by atoms with Gasteiger partial charge < -0.3 is 25.5 Å². The van der Waals surface area contributed by atoms with E-state index >= 15 is 0 Å². The van der Waals surface area contributed by atoms with Crippen LogP contribution >= 0.6 is 0 Å². The standard InChI is InChI=1S/C13H12O2.C6H14O3/c14-12-7-3-1-5-10(12)9-11-6-2-4-8-13(11)15;1-2-6(3-7,4-8)5-9/h1-8,14-15H,9H2;7-9H,2-5H2,1H3. The molecular formula is C19H26O5. The van der Waals surface area contributed by atoms with Gasteiger partial charge in [0, 0.05) is 11.8 Å². The number of phenolic OH excluding ortho intramolecular Hbond substituents is 2. The molecule has 0 bridgehead atoms. The average molecular weight is 334 g/mol. The zero-order valence-corrected chi connectivity index (χ0v) is 13.9. The molecular weight excluding hydrogens is 308 g/mol. The van der Waals surface area contributed by atoms with Crippen LogP contribution in [0, 0.1) is 5.41 Å². The van der Waals surface area contributed by atoms with Gasteiger partial charge in [-0.05, 0) is 29.7 Å². The van der Waals surface area contributed by atoms with Gasteiger partial charge in [0.05, 0.1) is 19.8 Å². The summed E-state index contributed by atoms with van der Waals surface area (Å²) >= 11 is 0. The summed E-state index contributed by atoms with van der Waals surface area (Å²) < 4.78 is 0. The number of para-hydroxylation sites is 2. The molecule has 0 fully saturated rings. The molecule has 0 aliphatic carbocycles. The molecule has 0 amide bonds. The second kappa shape index (κ2) is 9.93. The Hall–Kier alpha value is -2.08. The third kappa shape index (κ3) is 5.53. The molecule has 0 atom stereocenters. The van der Waals surface area contributed by atoms with Crippen molar-refractivity contribution >= 4 is 0 Å². The molecule has 24 heavy (non-hydrogen) atoms. The Balaban J connectivity index is 0.000000277. The molecule has 0 spiro atoms. The number of aliphatic hydroxyl groups is 3. The van der Waals surface area contributed by atoms with Crippen molar-refractivity contribution in [3.63, 3.8) is 0 Å².